The molecule has 150 valence electrons. The molecule has 2 atom stereocenters. The number of hydrogen-bond acceptors (Lipinski definition) is 4. The number of carbonyl (C=O) groups is 1. The van der Waals surface area contributed by atoms with E-state index in [2.05, 4.69) is 5.32 Å². The largest absolute Gasteiger partial charge is 0.373 e. The fourth-order valence-corrected chi connectivity index (χ4v) is 4.90. The molecular formula is C20H23ClN2O4S. The molecule has 1 N–H and O–H groups in total. The predicted molar refractivity (Wildman–Crippen MR) is 109 cm³/mol. The van der Waals surface area contributed by atoms with E-state index in [1.807, 2.05) is 26.8 Å². The second-order valence-corrected chi connectivity index (χ2v) is 9.37. The first-order valence-electron chi connectivity index (χ1n) is 9.00. The predicted octanol–water partition coefficient (Wildman–Crippen LogP) is 3.70. The van der Waals surface area contributed by atoms with Gasteiger partial charge in [-0.05, 0) is 62.7 Å². The maximum Gasteiger partial charge on any atom is 0.255 e. The van der Waals surface area contributed by atoms with Crippen molar-refractivity contribution in [2.45, 2.75) is 37.9 Å². The Morgan fingerprint density at radius 3 is 2.29 bits per heavy atom. The minimum Gasteiger partial charge on any atom is -0.373 e. The summed E-state index contributed by atoms with van der Waals surface area (Å²) in [7, 11) is -3.64. The molecule has 2 unspecified atom stereocenters. The van der Waals surface area contributed by atoms with Crippen molar-refractivity contribution in [3.05, 3.63) is 58.6 Å². The van der Waals surface area contributed by atoms with E-state index in [-0.39, 0.29) is 23.0 Å². The zero-order chi connectivity index (χ0) is 20.5. The summed E-state index contributed by atoms with van der Waals surface area (Å²) in [6, 6.07) is 11.2. The van der Waals surface area contributed by atoms with Crippen molar-refractivity contribution in [2.75, 3.05) is 18.4 Å². The lowest BCUT2D eigenvalue weighted by Gasteiger charge is -2.34. The van der Waals surface area contributed by atoms with Gasteiger partial charge in [0.2, 0.25) is 10.0 Å². The maximum atomic E-state index is 12.9. The van der Waals surface area contributed by atoms with Crippen molar-refractivity contribution in [1.82, 2.24) is 4.31 Å². The number of amides is 1. The fraction of sp³-hybridized carbons (Fsp3) is 0.350. The molecule has 1 aliphatic heterocycles. The Hall–Kier alpha value is -1.93. The molecule has 1 saturated heterocycles. The first-order valence-corrected chi connectivity index (χ1v) is 10.8. The van der Waals surface area contributed by atoms with Gasteiger partial charge in [0.05, 0.1) is 17.1 Å². The van der Waals surface area contributed by atoms with Crippen molar-refractivity contribution in [3.8, 4) is 0 Å². The Balaban J connectivity index is 1.75. The van der Waals surface area contributed by atoms with Gasteiger partial charge in [-0.25, -0.2) is 8.42 Å². The minimum atomic E-state index is -3.64. The number of nitrogens with one attached hydrogen (secondary N) is 1. The highest BCUT2D eigenvalue weighted by Gasteiger charge is 2.32. The molecule has 3 rings (SSSR count). The summed E-state index contributed by atoms with van der Waals surface area (Å²) in [5.74, 6) is -0.336. The first kappa shape index (κ1) is 20.8. The Morgan fingerprint density at radius 2 is 1.71 bits per heavy atom. The molecule has 0 saturated carbocycles. The van der Waals surface area contributed by atoms with Gasteiger partial charge in [-0.3, -0.25) is 4.79 Å². The van der Waals surface area contributed by atoms with E-state index >= 15 is 0 Å². The van der Waals surface area contributed by atoms with Crippen LogP contribution in [0.5, 0.6) is 0 Å². The van der Waals surface area contributed by atoms with Crippen LogP contribution in [0.15, 0.2) is 47.4 Å². The first-order chi connectivity index (χ1) is 13.2. The molecule has 1 aliphatic rings. The Bertz CT molecular complexity index is 966. The average Bonchev–Trinajstić information content (AvgIpc) is 2.64. The van der Waals surface area contributed by atoms with E-state index in [4.69, 9.17) is 16.3 Å². The lowest BCUT2D eigenvalue weighted by molar-refractivity contribution is -0.0440. The Kier molecular flexibility index (Phi) is 6.09. The molecule has 8 heteroatoms. The number of anilines is 1. The molecule has 1 heterocycles. The number of ether oxygens (including phenoxy) is 1. The molecule has 1 fully saturated rings. The molecule has 6 nitrogen and oxygen atoms in total. The number of benzene rings is 2. The number of nitrogens with zero attached hydrogens (tertiary/aromatic N) is 1. The van der Waals surface area contributed by atoms with Crippen LogP contribution >= 0.6 is 11.6 Å². The summed E-state index contributed by atoms with van der Waals surface area (Å²) < 4.78 is 32.8. The van der Waals surface area contributed by atoms with E-state index in [0.717, 1.165) is 5.56 Å². The summed E-state index contributed by atoms with van der Waals surface area (Å²) in [4.78, 5) is 12.6. The van der Waals surface area contributed by atoms with Crippen LogP contribution in [0.1, 0.15) is 29.8 Å². The molecule has 1 amide bonds. The third kappa shape index (κ3) is 4.55. The number of halogens is 1. The van der Waals surface area contributed by atoms with Gasteiger partial charge in [0.1, 0.15) is 0 Å². The highest BCUT2D eigenvalue weighted by atomic mass is 35.5. The van der Waals surface area contributed by atoms with Gasteiger partial charge in [-0.2, -0.15) is 4.31 Å². The van der Waals surface area contributed by atoms with Crippen LogP contribution in [0.25, 0.3) is 0 Å². The van der Waals surface area contributed by atoms with E-state index in [1.165, 1.54) is 28.6 Å². The highest BCUT2D eigenvalue weighted by molar-refractivity contribution is 7.89. The van der Waals surface area contributed by atoms with Crippen LogP contribution in [-0.2, 0) is 14.8 Å². The molecule has 0 aliphatic carbocycles. The van der Waals surface area contributed by atoms with Crippen LogP contribution in [0.2, 0.25) is 5.02 Å². The van der Waals surface area contributed by atoms with Crippen LogP contribution in [0, 0.1) is 6.92 Å². The summed E-state index contributed by atoms with van der Waals surface area (Å²) in [5.41, 5.74) is 1.86. The second-order valence-electron chi connectivity index (χ2n) is 7.02. The van der Waals surface area contributed by atoms with Crippen LogP contribution in [0.4, 0.5) is 5.69 Å². The number of hydrogen-bond donors (Lipinski definition) is 1. The molecule has 0 aromatic heterocycles. The zero-order valence-corrected chi connectivity index (χ0v) is 17.5. The minimum absolute atomic E-state index is 0.156. The quantitative estimate of drug-likeness (QED) is 0.815. The van der Waals surface area contributed by atoms with Crippen LogP contribution in [0.3, 0.4) is 0 Å². The molecule has 0 radical (unpaired) electrons. The zero-order valence-electron chi connectivity index (χ0n) is 16.0. The van der Waals surface area contributed by atoms with Crippen molar-refractivity contribution < 1.29 is 17.9 Å². The fourth-order valence-electron chi connectivity index (χ4n) is 3.13. The summed E-state index contributed by atoms with van der Waals surface area (Å²) in [6.07, 6.45) is -0.324. The van der Waals surface area contributed by atoms with Gasteiger partial charge < -0.3 is 10.1 Å². The van der Waals surface area contributed by atoms with E-state index in [1.54, 1.807) is 12.1 Å². The smallest absolute Gasteiger partial charge is 0.255 e. The van der Waals surface area contributed by atoms with Crippen LogP contribution in [-0.4, -0.2) is 43.9 Å². The van der Waals surface area contributed by atoms with Gasteiger partial charge in [-0.1, -0.05) is 17.7 Å². The molecule has 2 aromatic carbocycles. The van der Waals surface area contributed by atoms with Crippen molar-refractivity contribution in [2.24, 2.45) is 0 Å². The highest BCUT2D eigenvalue weighted by Crippen LogP contribution is 2.23. The van der Waals surface area contributed by atoms with Crippen LogP contribution < -0.4 is 5.32 Å². The van der Waals surface area contributed by atoms with Gasteiger partial charge in [0.25, 0.3) is 5.91 Å². The monoisotopic (exact) mass is 422 g/mol. The van der Waals surface area contributed by atoms with E-state index in [0.29, 0.717) is 29.4 Å². The van der Waals surface area contributed by atoms with E-state index in [9.17, 15) is 13.2 Å². The topological polar surface area (TPSA) is 75.7 Å². The second kappa shape index (κ2) is 8.21. The number of rotatable bonds is 4. The number of aryl methyl sites for hydroxylation is 1. The maximum absolute atomic E-state index is 12.9. The lowest BCUT2D eigenvalue weighted by atomic mass is 10.2. The Labute approximate surface area is 170 Å². The van der Waals surface area contributed by atoms with E-state index < -0.39 is 10.0 Å². The number of morpholine rings is 1. The van der Waals surface area contributed by atoms with Crippen molar-refractivity contribution in [1.29, 1.82) is 0 Å². The normalized spacial score (nSPS) is 20.7. The van der Waals surface area contributed by atoms with Gasteiger partial charge >= 0.3 is 0 Å². The Morgan fingerprint density at radius 1 is 1.11 bits per heavy atom. The van der Waals surface area contributed by atoms with Gasteiger partial charge in [0.15, 0.2) is 0 Å². The average molecular weight is 423 g/mol. The van der Waals surface area contributed by atoms with Gasteiger partial charge in [0, 0.05) is 29.4 Å². The summed E-state index contributed by atoms with van der Waals surface area (Å²) >= 11 is 6.08. The molecule has 0 bridgehead atoms. The summed E-state index contributed by atoms with van der Waals surface area (Å²) in [6.45, 7) is 6.20. The third-order valence-electron chi connectivity index (χ3n) is 4.57. The standard InChI is InChI=1S/C20H23ClN2O4S/c1-13-4-7-17(10-19(13)21)22-20(24)16-5-8-18(9-6-16)28(25,26)23-11-14(2)27-15(3)12-23/h4-10,14-15H,11-12H2,1-3H3,(H,22,24). The number of sulfonamides is 1. The van der Waals surface area contributed by atoms with Crippen molar-refractivity contribution in [3.63, 3.8) is 0 Å². The van der Waals surface area contributed by atoms with Crippen molar-refractivity contribution >= 4 is 33.2 Å². The molecule has 2 aromatic rings. The third-order valence-corrected chi connectivity index (χ3v) is 6.82. The number of carbonyl (C=O) groups excluding carboxylic acids is 1. The molecule has 0 spiro atoms. The molecular weight excluding hydrogens is 400 g/mol. The molecule has 28 heavy (non-hydrogen) atoms. The van der Waals surface area contributed by atoms with Gasteiger partial charge in [-0.15, -0.1) is 0 Å². The summed E-state index contributed by atoms with van der Waals surface area (Å²) in [5, 5.41) is 3.32. The SMILES string of the molecule is Cc1ccc(NC(=O)c2ccc(S(=O)(=O)N3CC(C)OC(C)C3)cc2)cc1Cl. The lowest BCUT2D eigenvalue weighted by Crippen LogP contribution is -2.48.